The van der Waals surface area contributed by atoms with Crippen molar-refractivity contribution < 1.29 is 36.7 Å². The summed E-state index contributed by atoms with van der Waals surface area (Å²) in [6.45, 7) is -3.33. The third-order valence-electron chi connectivity index (χ3n) is 4.40. The Balaban J connectivity index is 1.83. The minimum Gasteiger partial charge on any atom is -0.435 e. The summed E-state index contributed by atoms with van der Waals surface area (Å²) >= 11 is 0. The molecule has 2 aromatic rings. The molecule has 1 aliphatic rings. The van der Waals surface area contributed by atoms with Crippen LogP contribution in [0.4, 0.5) is 22.4 Å². The maximum atomic E-state index is 13.4. The van der Waals surface area contributed by atoms with Gasteiger partial charge in [-0.15, -0.1) is 0 Å². The largest absolute Gasteiger partial charge is 0.435 e. The number of hydrogen-bond donors (Lipinski definition) is 2. The number of benzene rings is 2. The second-order valence-corrected chi connectivity index (χ2v) is 6.72. The van der Waals surface area contributed by atoms with E-state index in [9.17, 15) is 31.9 Å². The van der Waals surface area contributed by atoms with Gasteiger partial charge in [-0.1, -0.05) is 17.9 Å². The monoisotopic (exact) mass is 449 g/mol. The first-order chi connectivity index (χ1) is 15.1. The normalized spacial score (nSPS) is 13.3. The van der Waals surface area contributed by atoms with E-state index in [2.05, 4.69) is 16.6 Å². The second kappa shape index (κ2) is 9.38. The van der Waals surface area contributed by atoms with Crippen LogP contribution in [0, 0.1) is 29.4 Å². The Labute approximate surface area is 179 Å². The average molecular weight is 449 g/mol. The van der Waals surface area contributed by atoms with Gasteiger partial charge in [0.1, 0.15) is 23.3 Å². The summed E-state index contributed by atoms with van der Waals surface area (Å²) in [5.74, 6) is 0.183. The first kappa shape index (κ1) is 22.6. The Hall–Kier alpha value is -4.07. The summed E-state index contributed by atoms with van der Waals surface area (Å²) in [5.41, 5.74) is 5.51. The molecule has 1 heterocycles. The number of fused-ring (bicyclic) bond motifs is 1. The maximum absolute atomic E-state index is 13.4. The Kier molecular flexibility index (Phi) is 6.63. The van der Waals surface area contributed by atoms with Crippen molar-refractivity contribution in [3.05, 3.63) is 64.7 Å². The molecule has 0 aliphatic carbocycles. The first-order valence-electron chi connectivity index (χ1n) is 9.07. The summed E-state index contributed by atoms with van der Waals surface area (Å²) in [4.78, 5) is 37.3. The number of nitrogens with zero attached hydrogens (tertiary/aromatic N) is 1. The van der Waals surface area contributed by atoms with Gasteiger partial charge in [0.05, 0.1) is 0 Å². The number of primary amides is 1. The molecule has 3 N–H and O–H groups in total. The highest BCUT2D eigenvalue weighted by atomic mass is 19.3. The van der Waals surface area contributed by atoms with Crippen LogP contribution < -0.4 is 15.8 Å². The van der Waals surface area contributed by atoms with E-state index in [1.165, 1.54) is 17.0 Å². The molecule has 32 heavy (non-hydrogen) atoms. The standard InChI is InChI=1S/C21H15F4N3O4/c22-14-5-11(6-15(23)7-14)1-2-13(18(29)27-21(26)31)10-28-9-12-3-4-16(32-20(24)25)8-17(12)19(28)30/h3-8,13,20H,9-10H2,(H3,26,27,29,31). The second-order valence-electron chi connectivity index (χ2n) is 6.72. The predicted molar refractivity (Wildman–Crippen MR) is 102 cm³/mol. The molecule has 0 saturated heterocycles. The lowest BCUT2D eigenvalue weighted by molar-refractivity contribution is -0.122. The molecule has 1 atom stereocenters. The number of imide groups is 1. The van der Waals surface area contributed by atoms with Crippen molar-refractivity contribution in [2.75, 3.05) is 6.54 Å². The van der Waals surface area contributed by atoms with Gasteiger partial charge in [0, 0.05) is 30.3 Å². The molecule has 11 heteroatoms. The van der Waals surface area contributed by atoms with E-state index in [0.717, 1.165) is 18.2 Å². The minimum absolute atomic E-state index is 0.0414. The van der Waals surface area contributed by atoms with Gasteiger partial charge in [-0.25, -0.2) is 13.6 Å². The van der Waals surface area contributed by atoms with Gasteiger partial charge in [0.25, 0.3) is 5.91 Å². The van der Waals surface area contributed by atoms with E-state index in [1.54, 1.807) is 0 Å². The van der Waals surface area contributed by atoms with Crippen molar-refractivity contribution in [1.29, 1.82) is 0 Å². The zero-order chi connectivity index (χ0) is 23.4. The number of ether oxygens (including phenoxy) is 1. The number of rotatable bonds is 5. The molecule has 0 aromatic heterocycles. The van der Waals surface area contributed by atoms with Gasteiger partial charge in [-0.2, -0.15) is 8.78 Å². The van der Waals surface area contributed by atoms with E-state index in [4.69, 9.17) is 5.73 Å². The van der Waals surface area contributed by atoms with Crippen molar-refractivity contribution in [3.8, 4) is 17.6 Å². The highest BCUT2D eigenvalue weighted by Gasteiger charge is 2.31. The molecule has 0 radical (unpaired) electrons. The zero-order valence-electron chi connectivity index (χ0n) is 16.2. The molecule has 166 valence electrons. The fraction of sp³-hybridized carbons (Fsp3) is 0.190. The molecular formula is C21H15F4N3O4. The smallest absolute Gasteiger partial charge is 0.387 e. The third kappa shape index (κ3) is 5.54. The first-order valence-corrected chi connectivity index (χ1v) is 9.07. The molecule has 0 saturated carbocycles. The minimum atomic E-state index is -3.06. The van der Waals surface area contributed by atoms with E-state index in [1.807, 2.05) is 5.32 Å². The highest BCUT2D eigenvalue weighted by molar-refractivity contribution is 6.00. The van der Waals surface area contributed by atoms with Gasteiger partial charge >= 0.3 is 12.6 Å². The summed E-state index contributed by atoms with van der Waals surface area (Å²) in [5, 5.41) is 1.85. The fourth-order valence-electron chi connectivity index (χ4n) is 3.08. The predicted octanol–water partition coefficient (Wildman–Crippen LogP) is 2.38. The van der Waals surface area contributed by atoms with Crippen LogP contribution in [-0.4, -0.2) is 35.9 Å². The lowest BCUT2D eigenvalue weighted by atomic mass is 10.1. The van der Waals surface area contributed by atoms with E-state index in [-0.39, 0.29) is 30.0 Å². The van der Waals surface area contributed by atoms with E-state index in [0.29, 0.717) is 11.6 Å². The van der Waals surface area contributed by atoms with Crippen LogP contribution in [0.3, 0.4) is 0 Å². The molecule has 2 aromatic carbocycles. The van der Waals surface area contributed by atoms with Gasteiger partial charge in [0.15, 0.2) is 0 Å². The van der Waals surface area contributed by atoms with Crippen LogP contribution in [0.2, 0.25) is 0 Å². The summed E-state index contributed by atoms with van der Waals surface area (Å²) < 4.78 is 55.9. The zero-order valence-corrected chi connectivity index (χ0v) is 16.2. The summed E-state index contributed by atoms with van der Waals surface area (Å²) in [6.07, 6.45) is 0. The van der Waals surface area contributed by atoms with Crippen molar-refractivity contribution in [2.45, 2.75) is 13.2 Å². The van der Waals surface area contributed by atoms with Crippen molar-refractivity contribution in [1.82, 2.24) is 10.2 Å². The molecule has 1 unspecified atom stereocenters. The van der Waals surface area contributed by atoms with Crippen LogP contribution in [0.15, 0.2) is 36.4 Å². The summed E-state index contributed by atoms with van der Waals surface area (Å²) in [7, 11) is 0. The summed E-state index contributed by atoms with van der Waals surface area (Å²) in [6, 6.07) is 5.25. The fourth-order valence-corrected chi connectivity index (χ4v) is 3.08. The Morgan fingerprint density at radius 3 is 2.47 bits per heavy atom. The van der Waals surface area contributed by atoms with Crippen molar-refractivity contribution >= 4 is 17.8 Å². The number of hydrogen-bond acceptors (Lipinski definition) is 4. The number of halogens is 4. The van der Waals surface area contributed by atoms with E-state index >= 15 is 0 Å². The molecule has 3 rings (SSSR count). The molecule has 7 nitrogen and oxygen atoms in total. The van der Waals surface area contributed by atoms with Gasteiger partial charge in [-0.05, 0) is 29.8 Å². The molecule has 0 spiro atoms. The molecule has 0 bridgehead atoms. The Morgan fingerprint density at radius 1 is 1.16 bits per heavy atom. The Morgan fingerprint density at radius 2 is 1.84 bits per heavy atom. The molecule has 4 amide bonds. The average Bonchev–Trinajstić information content (AvgIpc) is 2.98. The van der Waals surface area contributed by atoms with Crippen molar-refractivity contribution in [3.63, 3.8) is 0 Å². The van der Waals surface area contributed by atoms with E-state index < -0.39 is 42.0 Å². The number of alkyl halides is 2. The number of nitrogens with one attached hydrogen (secondary N) is 1. The molecular weight excluding hydrogens is 434 g/mol. The van der Waals surface area contributed by atoms with Crippen LogP contribution in [-0.2, 0) is 11.3 Å². The Bertz CT molecular complexity index is 1120. The highest BCUT2D eigenvalue weighted by Crippen LogP contribution is 2.28. The maximum Gasteiger partial charge on any atom is 0.387 e. The molecule has 0 fully saturated rings. The number of urea groups is 1. The SMILES string of the molecule is NC(=O)NC(=O)C(C#Cc1cc(F)cc(F)c1)CN1Cc2ccc(OC(F)F)cc2C1=O. The lowest BCUT2D eigenvalue weighted by Gasteiger charge is -2.19. The number of amides is 4. The van der Waals surface area contributed by atoms with Crippen LogP contribution in [0.5, 0.6) is 5.75 Å². The third-order valence-corrected chi connectivity index (χ3v) is 4.40. The van der Waals surface area contributed by atoms with Gasteiger partial charge in [0.2, 0.25) is 5.91 Å². The number of carbonyl (C=O) groups excluding carboxylic acids is 3. The molecule has 1 aliphatic heterocycles. The number of nitrogens with two attached hydrogens (primary N) is 1. The van der Waals surface area contributed by atoms with Gasteiger partial charge < -0.3 is 15.4 Å². The van der Waals surface area contributed by atoms with Crippen LogP contribution in [0.25, 0.3) is 0 Å². The van der Waals surface area contributed by atoms with Crippen molar-refractivity contribution in [2.24, 2.45) is 11.7 Å². The topological polar surface area (TPSA) is 102 Å². The van der Waals surface area contributed by atoms with Gasteiger partial charge in [-0.3, -0.25) is 14.9 Å². The number of carbonyl (C=O) groups is 3. The quantitative estimate of drug-likeness (QED) is 0.541. The van der Waals surface area contributed by atoms with Crippen LogP contribution >= 0.6 is 0 Å². The van der Waals surface area contributed by atoms with Crippen LogP contribution in [0.1, 0.15) is 21.5 Å². The lowest BCUT2D eigenvalue weighted by Crippen LogP contribution is -2.43.